The van der Waals surface area contributed by atoms with Gasteiger partial charge in [-0.05, 0) is 87.1 Å². The first-order valence-electron chi connectivity index (χ1n) is 14.9. The lowest BCUT2D eigenvalue weighted by molar-refractivity contribution is -0.140. The van der Waals surface area contributed by atoms with Crippen molar-refractivity contribution in [3.63, 3.8) is 0 Å². The summed E-state index contributed by atoms with van der Waals surface area (Å²) in [5, 5.41) is 0. The molecule has 0 bridgehead atoms. The number of carbonyl (C=O) groups is 1. The summed E-state index contributed by atoms with van der Waals surface area (Å²) in [4.78, 5) is 21.9. The molecule has 1 aliphatic rings. The minimum absolute atomic E-state index is 0.0314. The molecule has 0 unspecified atom stereocenters. The Morgan fingerprint density at radius 1 is 0.892 bits per heavy atom. The SMILES string of the molecule is C=CCCCCC[C@H]1CC[C@H](C(=O)Oc2ccc(-c3ncc(CCCCCCCCC)cn3)cc2)CC1. The Hall–Kier alpha value is -2.49. The lowest BCUT2D eigenvalue weighted by Crippen LogP contribution is -2.25. The summed E-state index contributed by atoms with van der Waals surface area (Å²) < 4.78 is 5.72. The Morgan fingerprint density at radius 2 is 1.54 bits per heavy atom. The van der Waals surface area contributed by atoms with E-state index in [0.717, 1.165) is 50.0 Å². The average molecular weight is 505 g/mol. The van der Waals surface area contributed by atoms with E-state index in [-0.39, 0.29) is 11.9 Å². The van der Waals surface area contributed by atoms with Gasteiger partial charge in [0.25, 0.3) is 0 Å². The molecule has 37 heavy (non-hydrogen) atoms. The molecule has 0 aliphatic heterocycles. The van der Waals surface area contributed by atoms with Crippen LogP contribution >= 0.6 is 0 Å². The molecule has 0 atom stereocenters. The summed E-state index contributed by atoms with van der Waals surface area (Å²) >= 11 is 0. The van der Waals surface area contributed by atoms with E-state index in [1.807, 2.05) is 42.7 Å². The number of esters is 1. The van der Waals surface area contributed by atoms with E-state index in [1.54, 1.807) is 0 Å². The van der Waals surface area contributed by atoms with Crippen molar-refractivity contribution >= 4 is 5.97 Å². The number of aromatic nitrogens is 2. The molecule has 2 aromatic rings. The lowest BCUT2D eigenvalue weighted by atomic mass is 9.80. The average Bonchev–Trinajstić information content (AvgIpc) is 2.93. The van der Waals surface area contributed by atoms with Crippen molar-refractivity contribution in [1.29, 1.82) is 0 Å². The molecular formula is C33H48N2O2. The summed E-state index contributed by atoms with van der Waals surface area (Å²) in [5.74, 6) is 2.04. The molecule has 4 nitrogen and oxygen atoms in total. The van der Waals surface area contributed by atoms with E-state index in [2.05, 4.69) is 23.5 Å². The molecule has 1 heterocycles. The third kappa shape index (κ3) is 10.8. The fraction of sp³-hybridized carbons (Fsp3) is 0.606. The van der Waals surface area contributed by atoms with Crippen LogP contribution in [0.5, 0.6) is 5.75 Å². The molecule has 1 fully saturated rings. The second-order valence-corrected chi connectivity index (χ2v) is 10.9. The predicted octanol–water partition coefficient (Wildman–Crippen LogP) is 9.29. The van der Waals surface area contributed by atoms with Gasteiger partial charge in [-0.2, -0.15) is 0 Å². The fourth-order valence-corrected chi connectivity index (χ4v) is 5.38. The zero-order valence-corrected chi connectivity index (χ0v) is 23.1. The first kappa shape index (κ1) is 29.1. The van der Waals surface area contributed by atoms with Gasteiger partial charge in [0.15, 0.2) is 5.82 Å². The third-order valence-corrected chi connectivity index (χ3v) is 7.81. The minimum Gasteiger partial charge on any atom is -0.426 e. The summed E-state index contributed by atoms with van der Waals surface area (Å²) in [5.41, 5.74) is 2.14. The first-order valence-corrected chi connectivity index (χ1v) is 14.9. The van der Waals surface area contributed by atoms with Crippen molar-refractivity contribution in [3.8, 4) is 17.1 Å². The van der Waals surface area contributed by atoms with Gasteiger partial charge in [-0.15, -0.1) is 6.58 Å². The molecule has 0 N–H and O–H groups in total. The van der Waals surface area contributed by atoms with Gasteiger partial charge in [0.05, 0.1) is 5.92 Å². The molecule has 1 aromatic carbocycles. The van der Waals surface area contributed by atoms with Crippen LogP contribution in [-0.4, -0.2) is 15.9 Å². The molecule has 1 aliphatic carbocycles. The standard InChI is InChI=1S/C33H48N2O2/c1-3-5-7-9-10-12-14-16-28-25-34-32(35-26-28)29-21-23-31(24-22-29)37-33(36)30-19-17-27(18-20-30)15-13-11-8-6-4-2/h4,21-27,30H,2-3,5-20H2,1H3/t27-,30-. The highest BCUT2D eigenvalue weighted by Crippen LogP contribution is 2.33. The number of unbranched alkanes of at least 4 members (excludes halogenated alkanes) is 9. The lowest BCUT2D eigenvalue weighted by Gasteiger charge is -2.27. The van der Waals surface area contributed by atoms with Gasteiger partial charge in [-0.1, -0.05) is 70.8 Å². The van der Waals surface area contributed by atoms with Crippen molar-refractivity contribution in [2.24, 2.45) is 11.8 Å². The highest BCUT2D eigenvalue weighted by molar-refractivity contribution is 5.75. The van der Waals surface area contributed by atoms with Gasteiger partial charge in [-0.25, -0.2) is 9.97 Å². The van der Waals surface area contributed by atoms with Crippen LogP contribution in [0.4, 0.5) is 0 Å². The van der Waals surface area contributed by atoms with Gasteiger partial charge in [0.1, 0.15) is 5.75 Å². The third-order valence-electron chi connectivity index (χ3n) is 7.81. The quantitative estimate of drug-likeness (QED) is 0.0932. The summed E-state index contributed by atoms with van der Waals surface area (Å²) in [6, 6.07) is 7.60. The van der Waals surface area contributed by atoms with Crippen LogP contribution < -0.4 is 4.74 Å². The number of nitrogens with zero attached hydrogens (tertiary/aromatic N) is 2. The Kier molecular flexibility index (Phi) is 13.4. The molecule has 4 heteroatoms. The van der Waals surface area contributed by atoms with Crippen molar-refractivity contribution < 1.29 is 9.53 Å². The Balaban J connectivity index is 1.36. The molecule has 0 radical (unpaired) electrons. The Morgan fingerprint density at radius 3 is 2.22 bits per heavy atom. The molecular weight excluding hydrogens is 456 g/mol. The summed E-state index contributed by atoms with van der Waals surface area (Å²) in [6.07, 6.45) is 26.6. The van der Waals surface area contributed by atoms with Crippen LogP contribution in [0.2, 0.25) is 0 Å². The van der Waals surface area contributed by atoms with Crippen LogP contribution in [0, 0.1) is 11.8 Å². The van der Waals surface area contributed by atoms with E-state index < -0.39 is 0 Å². The van der Waals surface area contributed by atoms with E-state index >= 15 is 0 Å². The van der Waals surface area contributed by atoms with Crippen molar-refractivity contribution in [2.45, 2.75) is 116 Å². The van der Waals surface area contributed by atoms with Crippen molar-refractivity contribution in [3.05, 3.63) is 54.9 Å². The number of aryl methyl sites for hydroxylation is 1. The molecule has 1 saturated carbocycles. The molecule has 1 aromatic heterocycles. The van der Waals surface area contributed by atoms with E-state index in [1.165, 1.54) is 76.2 Å². The van der Waals surface area contributed by atoms with Crippen LogP contribution in [0.3, 0.4) is 0 Å². The smallest absolute Gasteiger partial charge is 0.314 e. The van der Waals surface area contributed by atoms with Crippen molar-refractivity contribution in [2.75, 3.05) is 0 Å². The Labute approximate surface area is 225 Å². The number of benzene rings is 1. The highest BCUT2D eigenvalue weighted by atomic mass is 16.5. The van der Waals surface area contributed by atoms with Gasteiger partial charge in [0.2, 0.25) is 0 Å². The largest absolute Gasteiger partial charge is 0.426 e. The number of rotatable bonds is 17. The first-order chi connectivity index (χ1) is 18.2. The highest BCUT2D eigenvalue weighted by Gasteiger charge is 2.27. The number of allylic oxidation sites excluding steroid dienone is 1. The van der Waals surface area contributed by atoms with Gasteiger partial charge < -0.3 is 4.74 Å². The number of hydrogen-bond acceptors (Lipinski definition) is 4. The van der Waals surface area contributed by atoms with Crippen LogP contribution in [0.1, 0.15) is 115 Å². The van der Waals surface area contributed by atoms with E-state index in [9.17, 15) is 4.79 Å². The predicted molar refractivity (Wildman–Crippen MR) is 154 cm³/mol. The topological polar surface area (TPSA) is 52.1 Å². The maximum atomic E-state index is 12.7. The maximum Gasteiger partial charge on any atom is 0.314 e. The molecule has 0 saturated heterocycles. The maximum absolute atomic E-state index is 12.7. The number of carbonyl (C=O) groups excluding carboxylic acids is 1. The monoisotopic (exact) mass is 504 g/mol. The number of ether oxygens (including phenoxy) is 1. The normalized spacial score (nSPS) is 17.4. The minimum atomic E-state index is -0.0804. The second kappa shape index (κ2) is 17.1. The van der Waals surface area contributed by atoms with E-state index in [0.29, 0.717) is 11.6 Å². The summed E-state index contributed by atoms with van der Waals surface area (Å²) in [7, 11) is 0. The molecule has 0 spiro atoms. The molecule has 202 valence electrons. The zero-order valence-electron chi connectivity index (χ0n) is 23.1. The molecule has 3 rings (SSSR count). The molecule has 0 amide bonds. The number of hydrogen-bond donors (Lipinski definition) is 0. The van der Waals surface area contributed by atoms with Gasteiger partial charge in [0, 0.05) is 18.0 Å². The summed E-state index contributed by atoms with van der Waals surface area (Å²) in [6.45, 7) is 6.05. The van der Waals surface area contributed by atoms with E-state index in [4.69, 9.17) is 4.74 Å². The van der Waals surface area contributed by atoms with Crippen LogP contribution in [0.25, 0.3) is 11.4 Å². The zero-order chi connectivity index (χ0) is 26.1. The van der Waals surface area contributed by atoms with Crippen LogP contribution in [0.15, 0.2) is 49.3 Å². The van der Waals surface area contributed by atoms with Crippen molar-refractivity contribution in [1.82, 2.24) is 9.97 Å². The van der Waals surface area contributed by atoms with Crippen LogP contribution in [-0.2, 0) is 11.2 Å². The second-order valence-electron chi connectivity index (χ2n) is 10.9. The van der Waals surface area contributed by atoms with Gasteiger partial charge >= 0.3 is 5.97 Å². The Bertz CT molecular complexity index is 899. The fourth-order valence-electron chi connectivity index (χ4n) is 5.38. The van der Waals surface area contributed by atoms with Gasteiger partial charge in [-0.3, -0.25) is 4.79 Å².